The Bertz CT molecular complexity index is 938. The fourth-order valence-corrected chi connectivity index (χ4v) is 3.86. The highest BCUT2D eigenvalue weighted by Gasteiger charge is 2.37. The Labute approximate surface area is 140 Å². The van der Waals surface area contributed by atoms with Crippen LogP contribution < -0.4 is 4.90 Å². The lowest BCUT2D eigenvalue weighted by molar-refractivity contribution is -0.384. The number of amides is 1. The standard InChI is InChI=1S/C16H11N3O4S/c20-14-9-24-16(10-5-7-11(8-6-10)19(21)22)18(14)15-12-3-1-2-4-13(12)23-17-15/h1-8,16H,9H2. The number of carbonyl (C=O) groups excluding carboxylic acids is 1. The highest BCUT2D eigenvalue weighted by Crippen LogP contribution is 2.43. The van der Waals surface area contributed by atoms with Crippen molar-refractivity contribution in [3.8, 4) is 0 Å². The maximum Gasteiger partial charge on any atom is 0.269 e. The topological polar surface area (TPSA) is 89.5 Å². The van der Waals surface area contributed by atoms with Crippen LogP contribution in [0.25, 0.3) is 11.0 Å². The minimum absolute atomic E-state index is 0.0199. The summed E-state index contributed by atoms with van der Waals surface area (Å²) in [7, 11) is 0. The van der Waals surface area contributed by atoms with E-state index in [9.17, 15) is 14.9 Å². The van der Waals surface area contributed by atoms with Crippen LogP contribution in [-0.4, -0.2) is 21.7 Å². The maximum atomic E-state index is 12.4. The van der Waals surface area contributed by atoms with Gasteiger partial charge in [0.05, 0.1) is 16.1 Å². The van der Waals surface area contributed by atoms with Crippen molar-refractivity contribution in [2.45, 2.75) is 5.37 Å². The first kappa shape index (κ1) is 14.7. The van der Waals surface area contributed by atoms with Gasteiger partial charge < -0.3 is 4.52 Å². The smallest absolute Gasteiger partial charge is 0.269 e. The Morgan fingerprint density at radius 1 is 1.21 bits per heavy atom. The Kier molecular flexibility index (Phi) is 3.46. The minimum atomic E-state index is -0.445. The van der Waals surface area contributed by atoms with Gasteiger partial charge in [-0.15, -0.1) is 11.8 Å². The van der Waals surface area contributed by atoms with Crippen molar-refractivity contribution in [1.29, 1.82) is 0 Å². The lowest BCUT2D eigenvalue weighted by atomic mass is 10.1. The van der Waals surface area contributed by atoms with Gasteiger partial charge in [0, 0.05) is 12.1 Å². The summed E-state index contributed by atoms with van der Waals surface area (Å²) < 4.78 is 5.30. The molecule has 1 amide bonds. The van der Waals surface area contributed by atoms with Crippen LogP contribution in [0.4, 0.5) is 11.5 Å². The quantitative estimate of drug-likeness (QED) is 0.535. The summed E-state index contributed by atoms with van der Waals surface area (Å²) in [4.78, 5) is 24.3. The number of nitrogens with zero attached hydrogens (tertiary/aromatic N) is 3. The average Bonchev–Trinajstić information content (AvgIpc) is 3.18. The summed E-state index contributed by atoms with van der Waals surface area (Å²) in [6.07, 6.45) is 0. The Morgan fingerprint density at radius 2 is 1.96 bits per heavy atom. The van der Waals surface area contributed by atoms with E-state index < -0.39 is 4.92 Å². The van der Waals surface area contributed by atoms with E-state index in [1.807, 2.05) is 18.2 Å². The predicted octanol–water partition coefficient (Wildman–Crippen LogP) is 3.51. The molecule has 0 bridgehead atoms. The molecule has 2 heterocycles. The summed E-state index contributed by atoms with van der Waals surface area (Å²) in [6.45, 7) is 0. The molecule has 0 spiro atoms. The molecule has 3 aromatic rings. The summed E-state index contributed by atoms with van der Waals surface area (Å²) >= 11 is 1.46. The number of anilines is 1. The second-order valence-corrected chi connectivity index (χ2v) is 6.35. The SMILES string of the molecule is O=C1CSC(c2ccc([N+](=O)[O-])cc2)N1c1noc2ccccc12. The van der Waals surface area contributed by atoms with Gasteiger partial charge in [-0.1, -0.05) is 17.3 Å². The molecule has 0 N–H and O–H groups in total. The van der Waals surface area contributed by atoms with Crippen LogP contribution in [-0.2, 0) is 4.79 Å². The first-order chi connectivity index (χ1) is 11.6. The number of nitro benzene ring substituents is 1. The molecule has 0 aliphatic carbocycles. The number of fused-ring (bicyclic) bond motifs is 1. The zero-order valence-corrected chi connectivity index (χ0v) is 13.1. The number of carbonyl (C=O) groups is 1. The monoisotopic (exact) mass is 341 g/mol. The maximum absolute atomic E-state index is 12.4. The van der Waals surface area contributed by atoms with Crippen LogP contribution in [0.1, 0.15) is 10.9 Å². The molecule has 8 heteroatoms. The molecule has 2 aromatic carbocycles. The van der Waals surface area contributed by atoms with E-state index in [0.717, 1.165) is 10.9 Å². The average molecular weight is 341 g/mol. The third-order valence-electron chi connectivity index (χ3n) is 3.84. The highest BCUT2D eigenvalue weighted by molar-refractivity contribution is 8.00. The number of aromatic nitrogens is 1. The summed E-state index contributed by atoms with van der Waals surface area (Å²) in [5, 5.41) is 15.3. The molecule has 0 saturated carbocycles. The van der Waals surface area contributed by atoms with Gasteiger partial charge in [0.25, 0.3) is 5.69 Å². The van der Waals surface area contributed by atoms with Gasteiger partial charge in [-0.05, 0) is 29.8 Å². The Hall–Kier alpha value is -2.87. The van der Waals surface area contributed by atoms with Crippen molar-refractivity contribution in [2.75, 3.05) is 10.7 Å². The molecule has 1 aliphatic rings. The van der Waals surface area contributed by atoms with Crippen molar-refractivity contribution < 1.29 is 14.2 Å². The number of nitro groups is 1. The first-order valence-corrected chi connectivity index (χ1v) is 8.22. The van der Waals surface area contributed by atoms with E-state index in [2.05, 4.69) is 5.16 Å². The van der Waals surface area contributed by atoms with Crippen LogP contribution in [0.3, 0.4) is 0 Å². The van der Waals surface area contributed by atoms with Crippen molar-refractivity contribution >= 4 is 40.1 Å². The molecule has 7 nitrogen and oxygen atoms in total. The van der Waals surface area contributed by atoms with Crippen LogP contribution >= 0.6 is 11.8 Å². The summed E-state index contributed by atoms with van der Waals surface area (Å²) in [6, 6.07) is 13.6. The van der Waals surface area contributed by atoms with Gasteiger partial charge in [-0.3, -0.25) is 19.8 Å². The fourth-order valence-electron chi connectivity index (χ4n) is 2.71. The van der Waals surface area contributed by atoms with Crippen LogP contribution in [0.15, 0.2) is 53.1 Å². The van der Waals surface area contributed by atoms with E-state index >= 15 is 0 Å². The molecule has 24 heavy (non-hydrogen) atoms. The predicted molar refractivity (Wildman–Crippen MR) is 89.8 cm³/mol. The zero-order chi connectivity index (χ0) is 16.7. The summed E-state index contributed by atoms with van der Waals surface area (Å²) in [5.41, 5.74) is 1.44. The van der Waals surface area contributed by atoms with Crippen molar-refractivity contribution in [1.82, 2.24) is 5.16 Å². The van der Waals surface area contributed by atoms with Crippen molar-refractivity contribution in [2.24, 2.45) is 0 Å². The lowest BCUT2D eigenvalue weighted by Gasteiger charge is -2.21. The van der Waals surface area contributed by atoms with Crippen molar-refractivity contribution in [3.05, 3.63) is 64.2 Å². The van der Waals surface area contributed by atoms with Gasteiger partial charge in [-0.25, -0.2) is 0 Å². The van der Waals surface area contributed by atoms with Gasteiger partial charge >= 0.3 is 0 Å². The molecule has 1 atom stereocenters. The first-order valence-electron chi connectivity index (χ1n) is 7.17. The van der Waals surface area contributed by atoms with E-state index in [-0.39, 0.29) is 17.0 Å². The van der Waals surface area contributed by atoms with E-state index in [0.29, 0.717) is 17.2 Å². The van der Waals surface area contributed by atoms with Gasteiger partial charge in [-0.2, -0.15) is 0 Å². The molecule has 1 aliphatic heterocycles. The normalized spacial score (nSPS) is 17.6. The van der Waals surface area contributed by atoms with Gasteiger partial charge in [0.1, 0.15) is 5.37 Å². The van der Waals surface area contributed by atoms with Crippen LogP contribution in [0.5, 0.6) is 0 Å². The number of thioether (sulfide) groups is 1. The number of non-ortho nitro benzene ring substituents is 1. The van der Waals surface area contributed by atoms with E-state index in [1.54, 1.807) is 23.1 Å². The van der Waals surface area contributed by atoms with Crippen LogP contribution in [0, 0.1) is 10.1 Å². The molecular weight excluding hydrogens is 330 g/mol. The minimum Gasteiger partial charge on any atom is -0.354 e. The Balaban J connectivity index is 1.75. The number of para-hydroxylation sites is 1. The van der Waals surface area contributed by atoms with Crippen LogP contribution in [0.2, 0.25) is 0 Å². The third-order valence-corrected chi connectivity index (χ3v) is 5.06. The largest absolute Gasteiger partial charge is 0.354 e. The highest BCUT2D eigenvalue weighted by atomic mass is 32.2. The number of hydrogen-bond donors (Lipinski definition) is 0. The van der Waals surface area contributed by atoms with E-state index in [4.69, 9.17) is 4.52 Å². The Morgan fingerprint density at radius 3 is 2.71 bits per heavy atom. The summed E-state index contributed by atoms with van der Waals surface area (Å²) in [5.74, 6) is 0.731. The fraction of sp³-hybridized carbons (Fsp3) is 0.125. The second kappa shape index (κ2) is 5.64. The molecule has 1 unspecified atom stereocenters. The van der Waals surface area contributed by atoms with Gasteiger partial charge in [0.2, 0.25) is 5.91 Å². The molecular formula is C16H11N3O4S. The molecule has 4 rings (SSSR count). The number of rotatable bonds is 3. The molecule has 1 saturated heterocycles. The number of hydrogen-bond acceptors (Lipinski definition) is 6. The zero-order valence-electron chi connectivity index (χ0n) is 12.3. The lowest BCUT2D eigenvalue weighted by Crippen LogP contribution is -2.28. The molecule has 1 aromatic heterocycles. The van der Waals surface area contributed by atoms with Crippen molar-refractivity contribution in [3.63, 3.8) is 0 Å². The molecule has 120 valence electrons. The van der Waals surface area contributed by atoms with Gasteiger partial charge in [0.15, 0.2) is 11.4 Å². The second-order valence-electron chi connectivity index (χ2n) is 5.28. The molecule has 0 radical (unpaired) electrons. The van der Waals surface area contributed by atoms with E-state index in [1.165, 1.54) is 23.9 Å². The third kappa shape index (κ3) is 2.31. The molecule has 1 fully saturated rings. The number of benzene rings is 2.